The highest BCUT2D eigenvalue weighted by Crippen LogP contribution is 2.20. The van der Waals surface area contributed by atoms with Gasteiger partial charge in [-0.05, 0) is 60.5 Å². The summed E-state index contributed by atoms with van der Waals surface area (Å²) in [5, 5.41) is 4.02. The predicted octanol–water partition coefficient (Wildman–Crippen LogP) is 3.47. The molecule has 0 bridgehead atoms. The molecule has 1 amide bonds. The maximum Gasteiger partial charge on any atom is 0.254 e. The monoisotopic (exact) mass is 550 g/mol. The van der Waals surface area contributed by atoms with Crippen LogP contribution in [-0.4, -0.2) is 69.1 Å². The van der Waals surface area contributed by atoms with Crippen LogP contribution in [0.3, 0.4) is 0 Å². The van der Waals surface area contributed by atoms with Crippen LogP contribution in [0.4, 0.5) is 0 Å². The van der Waals surface area contributed by atoms with E-state index in [1.165, 1.54) is 4.31 Å². The molecule has 2 aromatic carbocycles. The molecule has 0 atom stereocenters. The van der Waals surface area contributed by atoms with Crippen molar-refractivity contribution in [2.24, 2.45) is 5.10 Å². The van der Waals surface area contributed by atoms with E-state index in [2.05, 4.69) is 33.4 Å². The number of carbonyl (C=O) groups excluding carboxylic acids is 1. The van der Waals surface area contributed by atoms with Crippen molar-refractivity contribution in [1.29, 1.82) is 0 Å². The van der Waals surface area contributed by atoms with Gasteiger partial charge in [0.05, 0.1) is 24.3 Å². The van der Waals surface area contributed by atoms with Crippen LogP contribution in [-0.2, 0) is 14.8 Å². The van der Waals surface area contributed by atoms with Gasteiger partial charge in [-0.1, -0.05) is 35.7 Å². The standard InChI is InChI=1S/C24H31BrN4O4S/c1-2-3-4-17-33-22-9-5-20(6-10-22)18-26-27-24(30)19-28-13-15-29(16-14-28)34(31,32)23-11-7-21(25)8-12-23/h5-12,18H,2-4,13-17,19H2,1H3,(H,27,30)/b26-18-. The summed E-state index contributed by atoms with van der Waals surface area (Å²) in [7, 11) is -3.53. The van der Waals surface area contributed by atoms with E-state index in [1.807, 2.05) is 29.2 Å². The number of hydrazone groups is 1. The first-order chi connectivity index (χ1) is 16.4. The number of unbranched alkanes of at least 4 members (excludes halogenated alkanes) is 2. The molecule has 1 heterocycles. The van der Waals surface area contributed by atoms with E-state index in [9.17, 15) is 13.2 Å². The van der Waals surface area contributed by atoms with Crippen molar-refractivity contribution in [3.63, 3.8) is 0 Å². The van der Waals surface area contributed by atoms with Gasteiger partial charge in [-0.25, -0.2) is 13.8 Å². The highest BCUT2D eigenvalue weighted by molar-refractivity contribution is 9.10. The van der Waals surface area contributed by atoms with Gasteiger partial charge < -0.3 is 4.74 Å². The van der Waals surface area contributed by atoms with Gasteiger partial charge in [-0.3, -0.25) is 9.69 Å². The van der Waals surface area contributed by atoms with E-state index in [1.54, 1.807) is 30.5 Å². The van der Waals surface area contributed by atoms with Crippen LogP contribution in [0.15, 0.2) is 63.0 Å². The Hall–Kier alpha value is -2.27. The summed E-state index contributed by atoms with van der Waals surface area (Å²) in [4.78, 5) is 14.4. The number of benzene rings is 2. The minimum atomic E-state index is -3.53. The maximum absolute atomic E-state index is 12.8. The maximum atomic E-state index is 12.8. The van der Waals surface area contributed by atoms with E-state index < -0.39 is 10.0 Å². The van der Waals surface area contributed by atoms with Gasteiger partial charge in [0, 0.05) is 30.7 Å². The highest BCUT2D eigenvalue weighted by atomic mass is 79.9. The molecule has 0 aliphatic carbocycles. The molecule has 0 spiro atoms. The number of carbonyl (C=O) groups is 1. The van der Waals surface area contributed by atoms with E-state index in [4.69, 9.17) is 4.74 Å². The van der Waals surface area contributed by atoms with Crippen LogP contribution >= 0.6 is 15.9 Å². The van der Waals surface area contributed by atoms with Gasteiger partial charge in [-0.15, -0.1) is 0 Å². The van der Waals surface area contributed by atoms with E-state index >= 15 is 0 Å². The molecule has 0 saturated carbocycles. The number of piperazine rings is 1. The van der Waals surface area contributed by atoms with E-state index in [0.29, 0.717) is 32.8 Å². The number of halogens is 1. The van der Waals surface area contributed by atoms with Gasteiger partial charge in [0.2, 0.25) is 10.0 Å². The van der Waals surface area contributed by atoms with Crippen LogP contribution in [0.5, 0.6) is 5.75 Å². The average molecular weight is 552 g/mol. The summed E-state index contributed by atoms with van der Waals surface area (Å²) >= 11 is 3.32. The van der Waals surface area contributed by atoms with E-state index in [-0.39, 0.29) is 17.3 Å². The van der Waals surface area contributed by atoms with Gasteiger partial charge >= 0.3 is 0 Å². The minimum absolute atomic E-state index is 0.161. The molecule has 1 N–H and O–H groups in total. The number of hydrogen-bond donors (Lipinski definition) is 1. The first kappa shape index (κ1) is 26.3. The molecule has 3 rings (SSSR count). The lowest BCUT2D eigenvalue weighted by Crippen LogP contribution is -2.50. The average Bonchev–Trinajstić information content (AvgIpc) is 2.83. The second kappa shape index (κ2) is 13.0. The fourth-order valence-corrected chi connectivity index (χ4v) is 5.18. The summed E-state index contributed by atoms with van der Waals surface area (Å²) in [6.45, 7) is 4.66. The molecule has 8 nitrogen and oxygen atoms in total. The third kappa shape index (κ3) is 7.90. The molecule has 1 saturated heterocycles. The number of sulfonamides is 1. The van der Waals surface area contributed by atoms with E-state index in [0.717, 1.165) is 35.0 Å². The molecule has 2 aromatic rings. The van der Waals surface area contributed by atoms with Crippen LogP contribution in [0.1, 0.15) is 31.7 Å². The Bertz CT molecular complexity index is 1050. The van der Waals surface area contributed by atoms with Gasteiger partial charge in [0.25, 0.3) is 5.91 Å². The Morgan fingerprint density at radius 3 is 2.38 bits per heavy atom. The quantitative estimate of drug-likeness (QED) is 0.263. The number of amides is 1. The van der Waals surface area contributed by atoms with Crippen LogP contribution < -0.4 is 10.2 Å². The molecular formula is C24H31BrN4O4S. The normalized spacial score (nSPS) is 15.5. The topological polar surface area (TPSA) is 91.3 Å². The zero-order valence-electron chi connectivity index (χ0n) is 19.3. The molecule has 1 fully saturated rings. The fraction of sp³-hybridized carbons (Fsp3) is 0.417. The van der Waals surface area contributed by atoms with Crippen molar-refractivity contribution >= 4 is 38.1 Å². The van der Waals surface area contributed by atoms with Crippen LogP contribution in [0.2, 0.25) is 0 Å². The summed E-state index contributed by atoms with van der Waals surface area (Å²) in [5.41, 5.74) is 3.39. The van der Waals surface area contributed by atoms with Crippen molar-refractivity contribution in [3.05, 3.63) is 58.6 Å². The summed E-state index contributed by atoms with van der Waals surface area (Å²) in [5.74, 6) is 0.579. The SMILES string of the molecule is CCCCCOc1ccc(/C=N\NC(=O)CN2CCN(S(=O)(=O)c3ccc(Br)cc3)CC2)cc1. The van der Waals surface area contributed by atoms with Crippen LogP contribution in [0, 0.1) is 0 Å². The molecular weight excluding hydrogens is 520 g/mol. The van der Waals surface area contributed by atoms with Gasteiger partial charge in [-0.2, -0.15) is 9.41 Å². The van der Waals surface area contributed by atoms with Gasteiger partial charge in [0.15, 0.2) is 0 Å². The molecule has 184 valence electrons. The number of nitrogens with one attached hydrogen (secondary N) is 1. The lowest BCUT2D eigenvalue weighted by Gasteiger charge is -2.33. The second-order valence-corrected chi connectivity index (χ2v) is 10.9. The second-order valence-electron chi connectivity index (χ2n) is 8.05. The zero-order chi connectivity index (χ0) is 24.4. The van der Waals surface area contributed by atoms with Crippen molar-refractivity contribution in [1.82, 2.24) is 14.6 Å². The first-order valence-electron chi connectivity index (χ1n) is 11.4. The Morgan fingerprint density at radius 1 is 1.06 bits per heavy atom. The number of hydrogen-bond acceptors (Lipinski definition) is 6. The van der Waals surface area contributed by atoms with Crippen molar-refractivity contribution in [2.45, 2.75) is 31.1 Å². The molecule has 0 unspecified atom stereocenters. The number of rotatable bonds is 11. The lowest BCUT2D eigenvalue weighted by molar-refractivity contribution is -0.122. The summed E-state index contributed by atoms with van der Waals surface area (Å²) in [6, 6.07) is 14.1. The predicted molar refractivity (Wildman–Crippen MR) is 137 cm³/mol. The van der Waals surface area contributed by atoms with Gasteiger partial charge in [0.1, 0.15) is 5.75 Å². The first-order valence-corrected chi connectivity index (χ1v) is 13.6. The Labute approximate surface area is 210 Å². The Kier molecular flexibility index (Phi) is 10.1. The fourth-order valence-electron chi connectivity index (χ4n) is 3.49. The molecule has 34 heavy (non-hydrogen) atoms. The summed E-state index contributed by atoms with van der Waals surface area (Å²) < 4.78 is 33.5. The highest BCUT2D eigenvalue weighted by Gasteiger charge is 2.28. The summed E-state index contributed by atoms with van der Waals surface area (Å²) in [6.07, 6.45) is 4.95. The lowest BCUT2D eigenvalue weighted by atomic mass is 10.2. The molecule has 1 aliphatic heterocycles. The van der Waals surface area contributed by atoms with Crippen molar-refractivity contribution in [3.8, 4) is 5.75 Å². The molecule has 0 radical (unpaired) electrons. The Morgan fingerprint density at radius 2 is 1.74 bits per heavy atom. The van der Waals surface area contributed by atoms with Crippen LogP contribution in [0.25, 0.3) is 0 Å². The Balaban J connectivity index is 1.39. The van der Waals surface area contributed by atoms with Crippen molar-refractivity contribution < 1.29 is 17.9 Å². The zero-order valence-corrected chi connectivity index (χ0v) is 21.7. The molecule has 0 aromatic heterocycles. The minimum Gasteiger partial charge on any atom is -0.494 e. The molecule has 1 aliphatic rings. The van der Waals surface area contributed by atoms with Crippen molar-refractivity contribution in [2.75, 3.05) is 39.3 Å². The third-order valence-corrected chi connectivity index (χ3v) is 7.89. The molecule has 10 heteroatoms. The smallest absolute Gasteiger partial charge is 0.254 e. The third-order valence-electron chi connectivity index (χ3n) is 5.45. The largest absolute Gasteiger partial charge is 0.494 e. The number of ether oxygens (including phenoxy) is 1. The number of nitrogens with zero attached hydrogens (tertiary/aromatic N) is 3.